The largest absolute Gasteiger partial charge is 0.490 e. The van der Waals surface area contributed by atoms with Gasteiger partial charge in [-0.15, -0.1) is 0 Å². The van der Waals surface area contributed by atoms with Crippen LogP contribution in [0.15, 0.2) is 30.5 Å². The van der Waals surface area contributed by atoms with Crippen LogP contribution in [0.3, 0.4) is 0 Å². The van der Waals surface area contributed by atoms with Crippen LogP contribution in [-0.4, -0.2) is 28.1 Å². The van der Waals surface area contributed by atoms with Crippen molar-refractivity contribution in [2.45, 2.75) is 26.9 Å². The minimum absolute atomic E-state index is 0.0239. The van der Waals surface area contributed by atoms with Crippen molar-refractivity contribution in [1.82, 2.24) is 9.38 Å². The SMILES string of the molecule is CCOC(=O)c1cn2c(cc(OC(C)C)c3ccc(Cl)cc32)n1. The lowest BCUT2D eigenvalue weighted by atomic mass is 10.2. The average Bonchev–Trinajstić information content (AvgIpc) is 2.91. The van der Waals surface area contributed by atoms with E-state index < -0.39 is 5.97 Å². The number of ether oxygens (including phenoxy) is 2. The molecule has 2 aromatic heterocycles. The van der Waals surface area contributed by atoms with Crippen LogP contribution in [0.5, 0.6) is 5.75 Å². The molecule has 0 spiro atoms. The Morgan fingerprint density at radius 1 is 1.35 bits per heavy atom. The second-order valence-electron chi connectivity index (χ2n) is 5.41. The molecule has 6 heteroatoms. The minimum atomic E-state index is -0.447. The highest BCUT2D eigenvalue weighted by Crippen LogP contribution is 2.31. The number of aromatic nitrogens is 2. The quantitative estimate of drug-likeness (QED) is 0.675. The molecule has 0 bridgehead atoms. The van der Waals surface area contributed by atoms with Crippen molar-refractivity contribution in [2.75, 3.05) is 6.61 Å². The van der Waals surface area contributed by atoms with E-state index in [0.717, 1.165) is 10.9 Å². The first-order chi connectivity index (χ1) is 11.0. The van der Waals surface area contributed by atoms with Crippen LogP contribution in [0.2, 0.25) is 5.02 Å². The number of carbonyl (C=O) groups is 1. The fourth-order valence-corrected chi connectivity index (χ4v) is 2.62. The number of rotatable bonds is 4. The van der Waals surface area contributed by atoms with Crippen LogP contribution >= 0.6 is 11.6 Å². The van der Waals surface area contributed by atoms with Crippen molar-refractivity contribution in [3.8, 4) is 5.75 Å². The van der Waals surface area contributed by atoms with Gasteiger partial charge in [0.2, 0.25) is 0 Å². The van der Waals surface area contributed by atoms with E-state index in [1.165, 1.54) is 0 Å². The Labute approximate surface area is 138 Å². The van der Waals surface area contributed by atoms with Crippen molar-refractivity contribution in [1.29, 1.82) is 0 Å². The maximum absolute atomic E-state index is 11.9. The van der Waals surface area contributed by atoms with Crippen LogP contribution in [0.4, 0.5) is 0 Å². The monoisotopic (exact) mass is 332 g/mol. The maximum atomic E-state index is 11.9. The summed E-state index contributed by atoms with van der Waals surface area (Å²) in [6.07, 6.45) is 1.68. The first-order valence-electron chi connectivity index (χ1n) is 7.44. The number of hydrogen-bond donors (Lipinski definition) is 0. The lowest BCUT2D eigenvalue weighted by molar-refractivity contribution is 0.0520. The lowest BCUT2D eigenvalue weighted by Gasteiger charge is -2.13. The highest BCUT2D eigenvalue weighted by Gasteiger charge is 2.16. The molecule has 0 saturated carbocycles. The molecule has 0 atom stereocenters. The molecule has 3 aromatic rings. The lowest BCUT2D eigenvalue weighted by Crippen LogP contribution is -2.06. The summed E-state index contributed by atoms with van der Waals surface area (Å²) in [5, 5.41) is 1.51. The van der Waals surface area contributed by atoms with Gasteiger partial charge in [0.05, 0.1) is 18.2 Å². The van der Waals surface area contributed by atoms with Gasteiger partial charge in [-0.25, -0.2) is 9.78 Å². The molecule has 120 valence electrons. The molecule has 23 heavy (non-hydrogen) atoms. The summed E-state index contributed by atoms with van der Waals surface area (Å²) >= 11 is 6.13. The smallest absolute Gasteiger partial charge is 0.358 e. The number of halogens is 1. The van der Waals surface area contributed by atoms with Gasteiger partial charge in [0.15, 0.2) is 5.69 Å². The predicted octanol–water partition coefficient (Wildman–Crippen LogP) is 4.10. The summed E-state index contributed by atoms with van der Waals surface area (Å²) in [7, 11) is 0. The van der Waals surface area contributed by atoms with E-state index in [-0.39, 0.29) is 11.8 Å². The van der Waals surface area contributed by atoms with Crippen molar-refractivity contribution < 1.29 is 14.3 Å². The van der Waals surface area contributed by atoms with Crippen molar-refractivity contribution in [3.63, 3.8) is 0 Å². The van der Waals surface area contributed by atoms with Crippen LogP contribution in [0.1, 0.15) is 31.3 Å². The number of carbonyl (C=O) groups excluding carboxylic acids is 1. The Kier molecular flexibility index (Phi) is 4.13. The minimum Gasteiger partial charge on any atom is -0.490 e. The Hall–Kier alpha value is -2.27. The fraction of sp³-hybridized carbons (Fsp3) is 0.294. The summed E-state index contributed by atoms with van der Waals surface area (Å²) in [6.45, 7) is 5.99. The van der Waals surface area contributed by atoms with Gasteiger partial charge in [0.1, 0.15) is 11.4 Å². The van der Waals surface area contributed by atoms with Crippen molar-refractivity contribution in [3.05, 3.63) is 41.2 Å². The fourth-order valence-electron chi connectivity index (χ4n) is 2.45. The molecular formula is C17H17ClN2O3. The van der Waals surface area contributed by atoms with Gasteiger partial charge in [-0.1, -0.05) is 11.6 Å². The van der Waals surface area contributed by atoms with Crippen LogP contribution in [-0.2, 0) is 4.74 Å². The second kappa shape index (κ2) is 6.08. The van der Waals surface area contributed by atoms with Crippen molar-refractivity contribution >= 4 is 34.1 Å². The topological polar surface area (TPSA) is 52.8 Å². The van der Waals surface area contributed by atoms with Gasteiger partial charge in [-0.05, 0) is 39.0 Å². The van der Waals surface area contributed by atoms with Crippen LogP contribution in [0, 0.1) is 0 Å². The van der Waals surface area contributed by atoms with E-state index >= 15 is 0 Å². The summed E-state index contributed by atoms with van der Waals surface area (Å²) < 4.78 is 12.7. The predicted molar refractivity (Wildman–Crippen MR) is 89.4 cm³/mol. The van der Waals surface area contributed by atoms with Gasteiger partial charge in [0, 0.05) is 22.7 Å². The third-order valence-corrected chi connectivity index (χ3v) is 3.56. The number of nitrogens with zero attached hydrogens (tertiary/aromatic N) is 2. The molecule has 2 heterocycles. The number of benzene rings is 1. The third kappa shape index (κ3) is 2.97. The Bertz CT molecular complexity index is 886. The molecule has 0 saturated heterocycles. The van der Waals surface area contributed by atoms with Crippen LogP contribution < -0.4 is 4.74 Å². The van der Waals surface area contributed by atoms with Gasteiger partial charge in [0.25, 0.3) is 0 Å². The standard InChI is InChI=1S/C17H17ClN2O3/c1-4-22-17(21)13-9-20-14-7-11(18)5-6-12(14)15(23-10(2)3)8-16(20)19-13/h5-10H,4H2,1-3H3. The molecule has 1 aromatic carbocycles. The zero-order valence-electron chi connectivity index (χ0n) is 13.2. The van der Waals surface area contributed by atoms with E-state index in [1.807, 2.05) is 42.5 Å². The summed E-state index contributed by atoms with van der Waals surface area (Å²) in [5.41, 5.74) is 1.70. The number of hydrogen-bond acceptors (Lipinski definition) is 4. The number of fused-ring (bicyclic) bond motifs is 3. The molecule has 5 nitrogen and oxygen atoms in total. The highest BCUT2D eigenvalue weighted by molar-refractivity contribution is 6.31. The molecule has 0 N–H and O–H groups in total. The van der Waals surface area contributed by atoms with Gasteiger partial charge in [-0.2, -0.15) is 0 Å². The Morgan fingerprint density at radius 3 is 2.83 bits per heavy atom. The molecule has 3 rings (SSSR count). The summed E-state index contributed by atoms with van der Waals surface area (Å²) in [4.78, 5) is 16.3. The second-order valence-corrected chi connectivity index (χ2v) is 5.85. The molecule has 0 aliphatic carbocycles. The molecule has 0 aliphatic rings. The first kappa shape index (κ1) is 15.6. The summed E-state index contributed by atoms with van der Waals surface area (Å²) in [5.74, 6) is 0.262. The van der Waals surface area contributed by atoms with E-state index in [0.29, 0.717) is 23.0 Å². The molecule has 0 unspecified atom stereocenters. The van der Waals surface area contributed by atoms with Gasteiger partial charge in [-0.3, -0.25) is 4.40 Å². The molecular weight excluding hydrogens is 316 g/mol. The van der Waals surface area contributed by atoms with E-state index in [2.05, 4.69) is 4.98 Å². The van der Waals surface area contributed by atoms with Gasteiger partial charge >= 0.3 is 5.97 Å². The maximum Gasteiger partial charge on any atom is 0.358 e. The average molecular weight is 333 g/mol. The molecule has 0 radical (unpaired) electrons. The highest BCUT2D eigenvalue weighted by atomic mass is 35.5. The van der Waals surface area contributed by atoms with E-state index in [4.69, 9.17) is 21.1 Å². The normalized spacial score (nSPS) is 11.3. The summed E-state index contributed by atoms with van der Waals surface area (Å²) in [6, 6.07) is 7.36. The number of pyridine rings is 1. The van der Waals surface area contributed by atoms with Gasteiger partial charge < -0.3 is 9.47 Å². The molecule has 0 fully saturated rings. The zero-order valence-corrected chi connectivity index (χ0v) is 13.9. The van der Waals surface area contributed by atoms with E-state index in [1.54, 1.807) is 13.1 Å². The van der Waals surface area contributed by atoms with Crippen molar-refractivity contribution in [2.24, 2.45) is 0 Å². The zero-order chi connectivity index (χ0) is 16.6. The third-order valence-electron chi connectivity index (χ3n) is 3.33. The number of esters is 1. The Morgan fingerprint density at radius 2 is 2.13 bits per heavy atom. The molecule has 0 aliphatic heterocycles. The van der Waals surface area contributed by atoms with Crippen LogP contribution in [0.25, 0.3) is 16.6 Å². The van der Waals surface area contributed by atoms with E-state index in [9.17, 15) is 4.79 Å². The molecule has 0 amide bonds. The Balaban J connectivity index is 2.26. The first-order valence-corrected chi connectivity index (χ1v) is 7.82. The number of imidazole rings is 1.